The molecule has 2 aromatic rings. The number of rotatable bonds is 2. The second-order valence-electron chi connectivity index (χ2n) is 4.53. The minimum absolute atomic E-state index is 0.0734. The molecule has 0 heterocycles. The summed E-state index contributed by atoms with van der Waals surface area (Å²) in [4.78, 5) is 12.0. The molecule has 0 atom stereocenters. The average Bonchev–Trinajstić information content (AvgIpc) is 2.37. The quantitative estimate of drug-likeness (QED) is 0.825. The molecule has 2 rings (SSSR count). The predicted molar refractivity (Wildman–Crippen MR) is 71.9 cm³/mol. The number of halogens is 2. The highest BCUT2D eigenvalue weighted by molar-refractivity contribution is 6.05. The molecule has 0 aromatic heterocycles. The maximum absolute atomic E-state index is 13.6. The van der Waals surface area contributed by atoms with E-state index < -0.39 is 17.5 Å². The Kier molecular flexibility index (Phi) is 3.70. The van der Waals surface area contributed by atoms with Gasteiger partial charge in [0.05, 0.1) is 5.56 Å². The minimum Gasteiger partial charge on any atom is -0.508 e. The summed E-state index contributed by atoms with van der Waals surface area (Å²) in [5.41, 5.74) is 1.06. The summed E-state index contributed by atoms with van der Waals surface area (Å²) in [6.07, 6.45) is 0. The summed E-state index contributed by atoms with van der Waals surface area (Å²) in [6, 6.07) is 6.25. The second kappa shape index (κ2) is 5.28. The van der Waals surface area contributed by atoms with Crippen molar-refractivity contribution in [2.24, 2.45) is 0 Å². The van der Waals surface area contributed by atoms with E-state index in [0.717, 1.165) is 6.07 Å². The van der Waals surface area contributed by atoms with Crippen LogP contribution < -0.4 is 5.32 Å². The van der Waals surface area contributed by atoms with Crippen molar-refractivity contribution in [3.05, 3.63) is 58.7 Å². The van der Waals surface area contributed by atoms with E-state index >= 15 is 0 Å². The molecule has 0 radical (unpaired) electrons. The molecular formula is C15H13F2NO2. The average molecular weight is 277 g/mol. The van der Waals surface area contributed by atoms with Gasteiger partial charge in [-0.1, -0.05) is 0 Å². The van der Waals surface area contributed by atoms with Crippen LogP contribution in [0.4, 0.5) is 14.5 Å². The van der Waals surface area contributed by atoms with Gasteiger partial charge < -0.3 is 10.4 Å². The third kappa shape index (κ3) is 2.77. The van der Waals surface area contributed by atoms with Crippen molar-refractivity contribution in [2.75, 3.05) is 5.32 Å². The van der Waals surface area contributed by atoms with Gasteiger partial charge in [-0.05, 0) is 49.2 Å². The predicted octanol–water partition coefficient (Wildman–Crippen LogP) is 3.54. The molecule has 0 unspecified atom stereocenters. The van der Waals surface area contributed by atoms with Gasteiger partial charge in [0.2, 0.25) is 0 Å². The summed E-state index contributed by atoms with van der Waals surface area (Å²) < 4.78 is 26.8. The topological polar surface area (TPSA) is 49.3 Å². The van der Waals surface area contributed by atoms with Crippen LogP contribution in [0.5, 0.6) is 5.75 Å². The third-order valence-corrected chi connectivity index (χ3v) is 2.95. The lowest BCUT2D eigenvalue weighted by Gasteiger charge is -2.10. The zero-order valence-corrected chi connectivity index (χ0v) is 11.0. The van der Waals surface area contributed by atoms with E-state index in [1.54, 1.807) is 6.92 Å². The first-order chi connectivity index (χ1) is 9.38. The van der Waals surface area contributed by atoms with Crippen molar-refractivity contribution in [3.8, 4) is 5.75 Å². The van der Waals surface area contributed by atoms with Gasteiger partial charge in [0.15, 0.2) is 0 Å². The Balaban J connectivity index is 2.31. The molecular weight excluding hydrogens is 264 g/mol. The monoisotopic (exact) mass is 277 g/mol. The van der Waals surface area contributed by atoms with Crippen LogP contribution in [-0.4, -0.2) is 11.0 Å². The lowest BCUT2D eigenvalue weighted by atomic mass is 10.1. The van der Waals surface area contributed by atoms with Gasteiger partial charge >= 0.3 is 0 Å². The van der Waals surface area contributed by atoms with Crippen molar-refractivity contribution in [3.63, 3.8) is 0 Å². The van der Waals surface area contributed by atoms with Gasteiger partial charge in [-0.3, -0.25) is 4.79 Å². The number of benzene rings is 2. The van der Waals surface area contributed by atoms with Gasteiger partial charge in [-0.25, -0.2) is 8.78 Å². The maximum atomic E-state index is 13.6. The van der Waals surface area contributed by atoms with Crippen LogP contribution in [0.25, 0.3) is 0 Å². The standard InChI is InChI=1S/C15H13F2NO2/c1-8-6-11(13(17)7-12(8)16)15(20)18-14-4-3-10(19)5-9(14)2/h3-7,19H,1-2H3,(H,18,20). The van der Waals surface area contributed by atoms with Crippen LogP contribution in [0.2, 0.25) is 0 Å². The van der Waals surface area contributed by atoms with E-state index in [-0.39, 0.29) is 16.9 Å². The smallest absolute Gasteiger partial charge is 0.258 e. The normalized spacial score (nSPS) is 10.4. The van der Waals surface area contributed by atoms with E-state index in [1.807, 2.05) is 0 Å². The Bertz CT molecular complexity index is 684. The van der Waals surface area contributed by atoms with Crippen LogP contribution in [0.15, 0.2) is 30.3 Å². The molecule has 5 heteroatoms. The van der Waals surface area contributed by atoms with Gasteiger partial charge in [-0.15, -0.1) is 0 Å². The third-order valence-electron chi connectivity index (χ3n) is 2.95. The van der Waals surface area contributed by atoms with E-state index in [4.69, 9.17) is 0 Å². The van der Waals surface area contributed by atoms with Gasteiger partial charge in [-0.2, -0.15) is 0 Å². The number of carbonyl (C=O) groups is 1. The molecule has 0 saturated heterocycles. The van der Waals surface area contributed by atoms with Crippen molar-refractivity contribution in [1.29, 1.82) is 0 Å². The molecule has 2 N–H and O–H groups in total. The van der Waals surface area contributed by atoms with Crippen LogP contribution in [0, 0.1) is 25.5 Å². The van der Waals surface area contributed by atoms with Crippen molar-refractivity contribution < 1.29 is 18.7 Å². The maximum Gasteiger partial charge on any atom is 0.258 e. The number of hydrogen-bond donors (Lipinski definition) is 2. The fourth-order valence-corrected chi connectivity index (χ4v) is 1.81. The van der Waals surface area contributed by atoms with Crippen molar-refractivity contribution in [2.45, 2.75) is 13.8 Å². The van der Waals surface area contributed by atoms with Crippen LogP contribution in [0.3, 0.4) is 0 Å². The largest absolute Gasteiger partial charge is 0.508 e. The van der Waals surface area contributed by atoms with Crippen LogP contribution >= 0.6 is 0 Å². The Hall–Kier alpha value is -2.43. The first-order valence-electron chi connectivity index (χ1n) is 5.95. The zero-order chi connectivity index (χ0) is 14.9. The summed E-state index contributed by atoms with van der Waals surface area (Å²) in [6.45, 7) is 3.15. The number of amides is 1. The summed E-state index contributed by atoms with van der Waals surface area (Å²) in [5.74, 6) is -2.20. The lowest BCUT2D eigenvalue weighted by molar-refractivity contribution is 0.102. The summed E-state index contributed by atoms with van der Waals surface area (Å²) >= 11 is 0. The summed E-state index contributed by atoms with van der Waals surface area (Å²) in [7, 11) is 0. The zero-order valence-electron chi connectivity index (χ0n) is 11.0. The number of nitrogens with one attached hydrogen (secondary N) is 1. The molecule has 0 aliphatic rings. The first kappa shape index (κ1) is 14.0. The molecule has 0 spiro atoms. The highest BCUT2D eigenvalue weighted by Gasteiger charge is 2.15. The molecule has 0 bridgehead atoms. The SMILES string of the molecule is Cc1cc(C(=O)Nc2ccc(O)cc2C)c(F)cc1F. The van der Waals surface area contributed by atoms with E-state index in [1.165, 1.54) is 25.1 Å². The Morgan fingerprint density at radius 3 is 2.40 bits per heavy atom. The Morgan fingerprint density at radius 2 is 1.75 bits per heavy atom. The molecule has 0 saturated carbocycles. The molecule has 0 aliphatic carbocycles. The molecule has 1 amide bonds. The molecule has 2 aromatic carbocycles. The Labute approximate surface area is 114 Å². The van der Waals surface area contributed by atoms with Gasteiger partial charge in [0, 0.05) is 11.8 Å². The molecule has 20 heavy (non-hydrogen) atoms. The van der Waals surface area contributed by atoms with E-state index in [9.17, 15) is 18.7 Å². The molecule has 104 valence electrons. The number of aryl methyl sites for hydroxylation is 2. The van der Waals surface area contributed by atoms with Gasteiger partial charge in [0.25, 0.3) is 5.91 Å². The highest BCUT2D eigenvalue weighted by Crippen LogP contribution is 2.22. The molecule has 0 aliphatic heterocycles. The summed E-state index contributed by atoms with van der Waals surface area (Å²) in [5, 5.41) is 11.8. The van der Waals surface area contributed by atoms with Crippen LogP contribution in [0.1, 0.15) is 21.5 Å². The number of carbonyl (C=O) groups excluding carboxylic acids is 1. The van der Waals surface area contributed by atoms with E-state index in [0.29, 0.717) is 17.3 Å². The lowest BCUT2D eigenvalue weighted by Crippen LogP contribution is -2.15. The number of phenols is 1. The van der Waals surface area contributed by atoms with Crippen LogP contribution in [-0.2, 0) is 0 Å². The number of aromatic hydroxyl groups is 1. The van der Waals surface area contributed by atoms with Gasteiger partial charge in [0.1, 0.15) is 17.4 Å². The van der Waals surface area contributed by atoms with E-state index in [2.05, 4.69) is 5.32 Å². The van der Waals surface area contributed by atoms with Crippen molar-refractivity contribution in [1.82, 2.24) is 0 Å². The fraction of sp³-hybridized carbons (Fsp3) is 0.133. The first-order valence-corrected chi connectivity index (χ1v) is 5.95. The molecule has 0 fully saturated rings. The number of anilines is 1. The number of hydrogen-bond acceptors (Lipinski definition) is 2. The molecule has 3 nitrogen and oxygen atoms in total. The Morgan fingerprint density at radius 1 is 1.05 bits per heavy atom. The fourth-order valence-electron chi connectivity index (χ4n) is 1.81. The highest BCUT2D eigenvalue weighted by atomic mass is 19.1. The minimum atomic E-state index is -0.915. The second-order valence-corrected chi connectivity index (χ2v) is 4.53. The van der Waals surface area contributed by atoms with Crippen molar-refractivity contribution >= 4 is 11.6 Å². The number of phenolic OH excluding ortho intramolecular Hbond substituents is 1.